The molecule has 0 bridgehead atoms. The van der Waals surface area contributed by atoms with Crippen LogP contribution in [0.4, 0.5) is 0 Å². The number of fused-ring (bicyclic) bond motifs is 1. The van der Waals surface area contributed by atoms with Gasteiger partial charge in [0.05, 0.1) is 6.61 Å². The lowest BCUT2D eigenvalue weighted by Crippen LogP contribution is -2.33. The van der Waals surface area contributed by atoms with E-state index in [0.29, 0.717) is 18.6 Å². The SMILES string of the molecule is CC(CCO)NC(=O)c1ccc2c(c1)CCO2. The van der Waals surface area contributed by atoms with Crippen molar-refractivity contribution in [1.82, 2.24) is 5.32 Å². The van der Waals surface area contributed by atoms with Gasteiger partial charge in [-0.2, -0.15) is 0 Å². The van der Waals surface area contributed by atoms with E-state index in [1.54, 1.807) is 6.07 Å². The largest absolute Gasteiger partial charge is 0.493 e. The molecule has 1 aromatic rings. The minimum Gasteiger partial charge on any atom is -0.493 e. The number of hydrogen-bond donors (Lipinski definition) is 2. The third kappa shape index (κ3) is 2.77. The Morgan fingerprint density at radius 1 is 1.59 bits per heavy atom. The quantitative estimate of drug-likeness (QED) is 0.822. The van der Waals surface area contributed by atoms with Crippen LogP contribution in [0.1, 0.15) is 29.3 Å². The third-order valence-corrected chi connectivity index (χ3v) is 2.89. The number of carbonyl (C=O) groups excluding carboxylic acids is 1. The highest BCUT2D eigenvalue weighted by Gasteiger charge is 2.15. The van der Waals surface area contributed by atoms with Gasteiger partial charge in [-0.25, -0.2) is 0 Å². The van der Waals surface area contributed by atoms with Crippen molar-refractivity contribution < 1.29 is 14.6 Å². The van der Waals surface area contributed by atoms with E-state index in [0.717, 1.165) is 17.7 Å². The molecule has 2 rings (SSSR count). The monoisotopic (exact) mass is 235 g/mol. The summed E-state index contributed by atoms with van der Waals surface area (Å²) < 4.78 is 5.39. The van der Waals surface area contributed by atoms with Crippen LogP contribution in [0.3, 0.4) is 0 Å². The zero-order valence-corrected chi connectivity index (χ0v) is 9.90. The molecular weight excluding hydrogens is 218 g/mol. The first kappa shape index (κ1) is 11.9. The highest BCUT2D eigenvalue weighted by Crippen LogP contribution is 2.25. The molecule has 4 heteroatoms. The molecule has 0 fully saturated rings. The Morgan fingerprint density at radius 3 is 3.18 bits per heavy atom. The number of rotatable bonds is 4. The molecule has 92 valence electrons. The number of nitrogens with one attached hydrogen (secondary N) is 1. The van der Waals surface area contributed by atoms with Crippen LogP contribution >= 0.6 is 0 Å². The van der Waals surface area contributed by atoms with Crippen LogP contribution in [0, 0.1) is 0 Å². The molecule has 0 spiro atoms. The van der Waals surface area contributed by atoms with Crippen LogP contribution in [0.2, 0.25) is 0 Å². The maximum absolute atomic E-state index is 11.9. The molecule has 1 atom stereocenters. The van der Waals surface area contributed by atoms with Gasteiger partial charge in [-0.3, -0.25) is 4.79 Å². The Labute approximate surface area is 101 Å². The first-order valence-corrected chi connectivity index (χ1v) is 5.88. The Hall–Kier alpha value is -1.55. The number of hydrogen-bond acceptors (Lipinski definition) is 3. The summed E-state index contributed by atoms with van der Waals surface area (Å²) in [5, 5.41) is 11.6. The normalized spacial score (nSPS) is 14.9. The fourth-order valence-electron chi connectivity index (χ4n) is 1.90. The first-order valence-electron chi connectivity index (χ1n) is 5.88. The molecule has 0 aliphatic carbocycles. The standard InChI is InChI=1S/C13H17NO3/c1-9(4-6-15)14-13(16)11-2-3-12-10(8-11)5-7-17-12/h2-3,8-9,15H,4-7H2,1H3,(H,14,16). The van der Waals surface area contributed by atoms with E-state index >= 15 is 0 Å². The fraction of sp³-hybridized carbons (Fsp3) is 0.462. The van der Waals surface area contributed by atoms with E-state index in [1.807, 2.05) is 19.1 Å². The number of aliphatic hydroxyl groups excluding tert-OH is 1. The van der Waals surface area contributed by atoms with Gasteiger partial charge >= 0.3 is 0 Å². The molecule has 0 radical (unpaired) electrons. The minimum absolute atomic E-state index is 0.0167. The van der Waals surface area contributed by atoms with Crippen molar-refractivity contribution in [3.63, 3.8) is 0 Å². The summed E-state index contributed by atoms with van der Waals surface area (Å²) in [6, 6.07) is 5.47. The average Bonchev–Trinajstić information content (AvgIpc) is 2.75. The van der Waals surface area contributed by atoms with Crippen LogP contribution in [0.25, 0.3) is 0 Å². The van der Waals surface area contributed by atoms with E-state index in [2.05, 4.69) is 5.32 Å². The van der Waals surface area contributed by atoms with Crippen molar-refractivity contribution in [1.29, 1.82) is 0 Å². The van der Waals surface area contributed by atoms with Gasteiger partial charge in [-0.15, -0.1) is 0 Å². The first-order chi connectivity index (χ1) is 8.20. The number of amides is 1. The van der Waals surface area contributed by atoms with Crippen molar-refractivity contribution >= 4 is 5.91 Å². The summed E-state index contributed by atoms with van der Waals surface area (Å²) in [6.45, 7) is 2.66. The summed E-state index contributed by atoms with van der Waals surface area (Å²) in [5.74, 6) is 0.783. The van der Waals surface area contributed by atoms with Crippen LogP contribution in [0.5, 0.6) is 5.75 Å². The zero-order chi connectivity index (χ0) is 12.3. The average molecular weight is 235 g/mol. The number of carbonyl (C=O) groups is 1. The van der Waals surface area contributed by atoms with E-state index in [9.17, 15) is 4.79 Å². The summed E-state index contributed by atoms with van der Waals surface area (Å²) in [7, 11) is 0. The zero-order valence-electron chi connectivity index (χ0n) is 9.90. The molecule has 1 aliphatic heterocycles. The molecule has 1 aliphatic rings. The van der Waals surface area contributed by atoms with Crippen LogP contribution in [-0.2, 0) is 6.42 Å². The van der Waals surface area contributed by atoms with Gasteiger partial charge in [0, 0.05) is 24.6 Å². The predicted molar refractivity (Wildman–Crippen MR) is 64.3 cm³/mol. The molecule has 0 saturated carbocycles. The molecule has 17 heavy (non-hydrogen) atoms. The lowest BCUT2D eigenvalue weighted by atomic mass is 10.1. The van der Waals surface area contributed by atoms with Crippen LogP contribution in [0.15, 0.2) is 18.2 Å². The van der Waals surface area contributed by atoms with Gasteiger partial charge in [0.25, 0.3) is 5.91 Å². The molecule has 1 aromatic carbocycles. The molecule has 1 unspecified atom stereocenters. The Morgan fingerprint density at radius 2 is 2.41 bits per heavy atom. The predicted octanol–water partition coefficient (Wildman–Crippen LogP) is 1.12. The van der Waals surface area contributed by atoms with Crippen molar-refractivity contribution in [2.45, 2.75) is 25.8 Å². The van der Waals surface area contributed by atoms with E-state index in [1.165, 1.54) is 0 Å². The smallest absolute Gasteiger partial charge is 0.251 e. The summed E-state index contributed by atoms with van der Waals surface area (Å²) >= 11 is 0. The second-order valence-electron chi connectivity index (χ2n) is 4.31. The maximum Gasteiger partial charge on any atom is 0.251 e. The molecule has 2 N–H and O–H groups in total. The molecular formula is C13H17NO3. The summed E-state index contributed by atoms with van der Waals surface area (Å²) in [6.07, 6.45) is 1.43. The van der Waals surface area contributed by atoms with E-state index in [-0.39, 0.29) is 18.6 Å². The minimum atomic E-state index is -0.0966. The highest BCUT2D eigenvalue weighted by atomic mass is 16.5. The Balaban J connectivity index is 2.04. The number of ether oxygens (including phenoxy) is 1. The molecule has 1 amide bonds. The molecule has 1 heterocycles. The third-order valence-electron chi connectivity index (χ3n) is 2.89. The van der Waals surface area contributed by atoms with Crippen LogP contribution < -0.4 is 10.1 Å². The van der Waals surface area contributed by atoms with E-state index < -0.39 is 0 Å². The van der Waals surface area contributed by atoms with Crippen LogP contribution in [-0.4, -0.2) is 30.3 Å². The summed E-state index contributed by atoms with van der Waals surface area (Å²) in [4.78, 5) is 11.9. The van der Waals surface area contributed by atoms with Gasteiger partial charge in [-0.1, -0.05) is 0 Å². The van der Waals surface area contributed by atoms with Gasteiger partial charge in [-0.05, 0) is 37.1 Å². The van der Waals surface area contributed by atoms with Crippen molar-refractivity contribution in [2.24, 2.45) is 0 Å². The Kier molecular flexibility index (Phi) is 3.64. The van der Waals surface area contributed by atoms with Crippen molar-refractivity contribution in [2.75, 3.05) is 13.2 Å². The highest BCUT2D eigenvalue weighted by molar-refractivity contribution is 5.94. The fourth-order valence-corrected chi connectivity index (χ4v) is 1.90. The lowest BCUT2D eigenvalue weighted by Gasteiger charge is -2.12. The van der Waals surface area contributed by atoms with E-state index in [4.69, 9.17) is 9.84 Å². The summed E-state index contributed by atoms with van der Waals surface area (Å²) in [5.41, 5.74) is 1.74. The van der Waals surface area contributed by atoms with Crippen molar-refractivity contribution in [3.05, 3.63) is 29.3 Å². The Bertz CT molecular complexity index is 417. The lowest BCUT2D eigenvalue weighted by molar-refractivity contribution is 0.0934. The van der Waals surface area contributed by atoms with Gasteiger partial charge in [0.2, 0.25) is 0 Å². The second-order valence-corrected chi connectivity index (χ2v) is 4.31. The number of benzene rings is 1. The number of aliphatic hydroxyl groups is 1. The molecule has 4 nitrogen and oxygen atoms in total. The van der Waals surface area contributed by atoms with Crippen molar-refractivity contribution in [3.8, 4) is 5.75 Å². The molecule has 0 saturated heterocycles. The van der Waals surface area contributed by atoms with Gasteiger partial charge in [0.15, 0.2) is 0 Å². The topological polar surface area (TPSA) is 58.6 Å². The molecule has 0 aromatic heterocycles. The second kappa shape index (κ2) is 5.19. The van der Waals surface area contributed by atoms with Gasteiger partial charge in [0.1, 0.15) is 5.75 Å². The van der Waals surface area contributed by atoms with Gasteiger partial charge < -0.3 is 15.2 Å². The maximum atomic E-state index is 11.9.